The Kier molecular flexibility index (Phi) is 14.1. The second kappa shape index (κ2) is 21.6. The van der Waals surface area contributed by atoms with E-state index in [0.29, 0.717) is 43.1 Å². The highest BCUT2D eigenvalue weighted by molar-refractivity contribution is 6.24. The molecule has 7 aromatic rings. The van der Waals surface area contributed by atoms with E-state index in [1.807, 2.05) is 73.3 Å². The maximum atomic E-state index is 13.3. The molecule has 2 saturated carbocycles. The summed E-state index contributed by atoms with van der Waals surface area (Å²) < 4.78 is 14.2. The maximum absolute atomic E-state index is 13.3. The number of ether oxygens (including phenoxy) is 2. The number of hydrogen-bond acceptors (Lipinski definition) is 12. The Hall–Kier alpha value is -8.69. The zero-order valence-electron chi connectivity index (χ0n) is 41.8. The first-order valence-corrected chi connectivity index (χ1v) is 25.7. The van der Waals surface area contributed by atoms with Crippen LogP contribution in [0.2, 0.25) is 0 Å². The van der Waals surface area contributed by atoms with Gasteiger partial charge in [-0.2, -0.15) is 0 Å². The Balaban J connectivity index is 0.000000162. The first kappa shape index (κ1) is 49.5. The van der Waals surface area contributed by atoms with E-state index in [0.717, 1.165) is 71.0 Å². The van der Waals surface area contributed by atoms with Gasteiger partial charge in [0.25, 0.3) is 17.7 Å². The normalized spacial score (nSPS) is 18.3. The number of carbonyl (C=O) groups excluding carboxylic acids is 7. The fourth-order valence-corrected chi connectivity index (χ4v) is 10.7. The SMILES string of the molecule is O=C1CCC(N2C(=O)c3cccc(OCc4ccc(CN5CCc6ncccc6C5)cc4)c3C2=O)C(=O)C1.O=C1CCC(N2Cc3c(OCc4ccc(Cn5cnc(-c6ccccc6)c5)cc4)cccc3C2=O)C(=O)C1. The molecule has 3 aliphatic heterocycles. The van der Waals surface area contributed by atoms with E-state index in [-0.39, 0.29) is 72.5 Å². The summed E-state index contributed by atoms with van der Waals surface area (Å²) >= 11 is 0. The minimum absolute atomic E-state index is 0.0487. The van der Waals surface area contributed by atoms with E-state index < -0.39 is 23.9 Å². The van der Waals surface area contributed by atoms with Gasteiger partial charge < -0.3 is 18.9 Å². The smallest absolute Gasteiger partial charge is 0.266 e. The van der Waals surface area contributed by atoms with Gasteiger partial charge in [-0.1, -0.05) is 97.1 Å². The molecule has 2 aromatic heterocycles. The molecular weight excluding hydrogens is 961 g/mol. The quantitative estimate of drug-likeness (QED) is 0.0798. The van der Waals surface area contributed by atoms with Gasteiger partial charge in [-0.05, 0) is 71.0 Å². The van der Waals surface area contributed by atoms with E-state index in [1.54, 1.807) is 35.2 Å². The van der Waals surface area contributed by atoms with Crippen LogP contribution in [0.4, 0.5) is 0 Å². The van der Waals surface area contributed by atoms with Gasteiger partial charge >= 0.3 is 0 Å². The Bertz CT molecular complexity index is 3410. The first-order valence-electron chi connectivity index (χ1n) is 25.7. The molecule has 0 N–H and O–H groups in total. The number of nitrogens with zero attached hydrogens (tertiary/aromatic N) is 6. The zero-order chi connectivity index (χ0) is 52.3. The lowest BCUT2D eigenvalue weighted by molar-refractivity contribution is -0.134. The van der Waals surface area contributed by atoms with Crippen LogP contribution in [0.25, 0.3) is 11.3 Å². The second-order valence-electron chi connectivity index (χ2n) is 19.9. The van der Waals surface area contributed by atoms with Gasteiger partial charge in [0.05, 0.1) is 54.6 Å². The van der Waals surface area contributed by atoms with Crippen LogP contribution in [0.3, 0.4) is 0 Å². The molecule has 15 heteroatoms. The van der Waals surface area contributed by atoms with Crippen LogP contribution in [0.5, 0.6) is 11.5 Å². The van der Waals surface area contributed by atoms with Gasteiger partial charge in [-0.15, -0.1) is 0 Å². The number of pyridine rings is 1. The summed E-state index contributed by atoms with van der Waals surface area (Å²) in [6.07, 6.45) is 7.47. The van der Waals surface area contributed by atoms with Crippen molar-refractivity contribution in [2.45, 2.75) is 96.4 Å². The summed E-state index contributed by atoms with van der Waals surface area (Å²) in [6, 6.07) is 39.6. The summed E-state index contributed by atoms with van der Waals surface area (Å²) in [7, 11) is 0. The van der Waals surface area contributed by atoms with Crippen molar-refractivity contribution in [3.05, 3.63) is 202 Å². The van der Waals surface area contributed by atoms with E-state index in [4.69, 9.17) is 9.47 Å². The van der Waals surface area contributed by atoms with Crippen molar-refractivity contribution in [3.8, 4) is 22.8 Å². The van der Waals surface area contributed by atoms with Crippen molar-refractivity contribution < 1.29 is 43.0 Å². The first-order chi connectivity index (χ1) is 37.0. The molecule has 5 aliphatic rings. The van der Waals surface area contributed by atoms with E-state index in [1.165, 1.54) is 16.8 Å². The average Bonchev–Trinajstić information content (AvgIpc) is 4.12. The molecule has 382 valence electrons. The molecule has 0 saturated heterocycles. The van der Waals surface area contributed by atoms with Gasteiger partial charge in [0.1, 0.15) is 36.3 Å². The van der Waals surface area contributed by atoms with Gasteiger partial charge in [-0.3, -0.25) is 48.3 Å². The molecule has 0 spiro atoms. The van der Waals surface area contributed by atoms with Crippen LogP contribution < -0.4 is 9.47 Å². The molecule has 2 fully saturated rings. The number of amides is 3. The number of fused-ring (bicyclic) bond motifs is 3. The number of Topliss-reactive ketones (excluding diaryl/α,β-unsaturated/α-hetero) is 4. The number of imide groups is 1. The van der Waals surface area contributed by atoms with Gasteiger partial charge in [0.15, 0.2) is 11.6 Å². The number of ketones is 4. The minimum Gasteiger partial charge on any atom is -0.489 e. The van der Waals surface area contributed by atoms with Crippen LogP contribution in [0.15, 0.2) is 146 Å². The highest BCUT2D eigenvalue weighted by Gasteiger charge is 2.46. The molecule has 5 aromatic carbocycles. The summed E-state index contributed by atoms with van der Waals surface area (Å²) in [5.74, 6) is -1.02. The highest BCUT2D eigenvalue weighted by Crippen LogP contribution is 2.37. The molecule has 12 rings (SSSR count). The van der Waals surface area contributed by atoms with Crippen molar-refractivity contribution >= 4 is 40.9 Å². The summed E-state index contributed by atoms with van der Waals surface area (Å²) in [4.78, 5) is 101. The van der Waals surface area contributed by atoms with Crippen LogP contribution in [0, 0.1) is 0 Å². The molecular formula is C61H54N6O9. The fourth-order valence-electron chi connectivity index (χ4n) is 10.7. The lowest BCUT2D eigenvalue weighted by atomic mass is 9.92. The molecule has 2 unspecified atom stereocenters. The molecule has 2 atom stereocenters. The topological polar surface area (TPSA) is 178 Å². The van der Waals surface area contributed by atoms with Gasteiger partial charge in [-0.25, -0.2) is 4.98 Å². The molecule has 0 bridgehead atoms. The third kappa shape index (κ3) is 10.5. The number of benzene rings is 5. The molecule has 0 radical (unpaired) electrons. The van der Waals surface area contributed by atoms with Crippen molar-refractivity contribution in [3.63, 3.8) is 0 Å². The van der Waals surface area contributed by atoms with Crippen molar-refractivity contribution in [1.82, 2.24) is 29.2 Å². The Labute approximate surface area is 439 Å². The number of imidazole rings is 1. The number of carbonyl (C=O) groups is 7. The monoisotopic (exact) mass is 1010 g/mol. The largest absolute Gasteiger partial charge is 0.489 e. The summed E-state index contributed by atoms with van der Waals surface area (Å²) in [6.45, 7) is 4.35. The van der Waals surface area contributed by atoms with Crippen LogP contribution in [-0.2, 0) is 65.0 Å². The third-order valence-corrected chi connectivity index (χ3v) is 14.8. The molecule has 15 nitrogen and oxygen atoms in total. The standard InChI is InChI=1S/C31H27N3O4.C30H27N3O5/c35-24-13-14-28(29(36)15-24)34-17-26-25(31(34)37)7-4-8-30(26)38-19-22-11-9-21(10-12-22)16-33-18-27(32-20-33)23-5-2-1-3-6-23;34-22-10-11-25(26(35)15-22)33-29(36)23-4-1-5-27(28(23)30(33)37)38-18-20-8-6-19(7-9-20)16-32-14-12-24-21(17-32)3-2-13-31-24/h1-12,18,20,28H,13-17,19H2;1-9,13,25H,10-12,14-18H2. The Morgan fingerprint density at radius 2 is 1.17 bits per heavy atom. The molecule has 3 amide bonds. The fraction of sp³-hybridized carbons (Fsp3) is 0.262. The predicted molar refractivity (Wildman–Crippen MR) is 279 cm³/mol. The zero-order valence-corrected chi connectivity index (χ0v) is 41.8. The highest BCUT2D eigenvalue weighted by atomic mass is 16.5. The van der Waals surface area contributed by atoms with Gasteiger partial charge in [0, 0.05) is 80.2 Å². The van der Waals surface area contributed by atoms with E-state index in [9.17, 15) is 33.6 Å². The van der Waals surface area contributed by atoms with Crippen molar-refractivity contribution in [1.29, 1.82) is 0 Å². The number of aromatic nitrogens is 3. The molecule has 5 heterocycles. The lowest BCUT2D eigenvalue weighted by Crippen LogP contribution is -2.47. The summed E-state index contributed by atoms with van der Waals surface area (Å²) in [5.41, 5.74) is 10.6. The number of hydrogen-bond donors (Lipinski definition) is 0. The Morgan fingerprint density at radius 3 is 1.87 bits per heavy atom. The van der Waals surface area contributed by atoms with E-state index >= 15 is 0 Å². The lowest BCUT2D eigenvalue weighted by Gasteiger charge is -2.29. The van der Waals surface area contributed by atoms with Crippen LogP contribution >= 0.6 is 0 Å². The third-order valence-electron chi connectivity index (χ3n) is 14.8. The van der Waals surface area contributed by atoms with Crippen LogP contribution in [-0.4, -0.2) is 88.7 Å². The van der Waals surface area contributed by atoms with Crippen molar-refractivity contribution in [2.75, 3.05) is 6.54 Å². The average molecular weight is 1020 g/mol. The minimum atomic E-state index is -0.898. The second-order valence-corrected chi connectivity index (χ2v) is 19.9. The van der Waals surface area contributed by atoms with Crippen LogP contribution in [0.1, 0.15) is 109 Å². The van der Waals surface area contributed by atoms with Crippen molar-refractivity contribution in [2.24, 2.45) is 0 Å². The molecule has 76 heavy (non-hydrogen) atoms. The predicted octanol–water partition coefficient (Wildman–Crippen LogP) is 8.33. The van der Waals surface area contributed by atoms with E-state index in [2.05, 4.69) is 61.9 Å². The maximum Gasteiger partial charge on any atom is 0.266 e. The van der Waals surface area contributed by atoms with Gasteiger partial charge in [0.2, 0.25) is 0 Å². The molecule has 2 aliphatic carbocycles. The number of rotatable bonds is 13. The summed E-state index contributed by atoms with van der Waals surface area (Å²) in [5, 5.41) is 0. The Morgan fingerprint density at radius 1 is 0.539 bits per heavy atom.